The van der Waals surface area contributed by atoms with E-state index in [4.69, 9.17) is 28.4 Å². The van der Waals surface area contributed by atoms with Crippen LogP contribution in [0.5, 0.6) is 28.7 Å². The van der Waals surface area contributed by atoms with Crippen LogP contribution in [0.3, 0.4) is 0 Å². The molecule has 0 radical (unpaired) electrons. The van der Waals surface area contributed by atoms with Crippen LogP contribution in [0.25, 0.3) is 0 Å². The highest BCUT2D eigenvalue weighted by Gasteiger charge is 2.20. The third-order valence-corrected chi connectivity index (χ3v) is 5.73. The molecule has 10 nitrogen and oxygen atoms in total. The zero-order valence-corrected chi connectivity index (χ0v) is 21.5. The molecule has 3 aromatic rings. The van der Waals surface area contributed by atoms with E-state index in [9.17, 15) is 9.59 Å². The first-order valence-electron chi connectivity index (χ1n) is 11.8. The predicted octanol–water partition coefficient (Wildman–Crippen LogP) is 4.12. The third kappa shape index (κ3) is 5.87. The van der Waals surface area contributed by atoms with Crippen LogP contribution in [0, 0.1) is 0 Å². The Morgan fingerprint density at radius 2 is 1.61 bits per heavy atom. The minimum absolute atomic E-state index is 0.202. The maximum atomic E-state index is 12.9. The normalized spacial score (nSPS) is 12.1. The molecule has 1 amide bonds. The number of rotatable bonds is 10. The fourth-order valence-corrected chi connectivity index (χ4v) is 3.86. The van der Waals surface area contributed by atoms with Crippen molar-refractivity contribution < 1.29 is 38.0 Å². The van der Waals surface area contributed by atoms with Gasteiger partial charge in [0, 0.05) is 5.56 Å². The van der Waals surface area contributed by atoms with Crippen molar-refractivity contribution in [3.63, 3.8) is 0 Å². The molecule has 1 N–H and O–H groups in total. The zero-order chi connectivity index (χ0) is 27.1. The van der Waals surface area contributed by atoms with Gasteiger partial charge in [-0.3, -0.25) is 4.79 Å². The molecular formula is C28H28N2O8. The van der Waals surface area contributed by atoms with E-state index in [-0.39, 0.29) is 17.2 Å². The molecule has 0 bridgehead atoms. The Kier molecular flexibility index (Phi) is 8.44. The molecule has 0 saturated carbocycles. The molecule has 1 aliphatic heterocycles. The van der Waals surface area contributed by atoms with Gasteiger partial charge in [0.1, 0.15) is 0 Å². The molecule has 3 aromatic carbocycles. The first-order valence-corrected chi connectivity index (χ1v) is 11.8. The summed E-state index contributed by atoms with van der Waals surface area (Å²) in [5.74, 6) is 0.587. The highest BCUT2D eigenvalue weighted by Crippen LogP contribution is 2.39. The Labute approximate surface area is 220 Å². The van der Waals surface area contributed by atoms with Gasteiger partial charge in [0.25, 0.3) is 5.91 Å². The Morgan fingerprint density at radius 1 is 0.868 bits per heavy atom. The van der Waals surface area contributed by atoms with Crippen LogP contribution in [0.2, 0.25) is 0 Å². The number of ether oxygens (including phenoxy) is 6. The van der Waals surface area contributed by atoms with Crippen LogP contribution in [0.4, 0.5) is 0 Å². The Hall–Kier alpha value is -4.57. The number of amides is 1. The minimum Gasteiger partial charge on any atom is -0.493 e. The number of esters is 1. The summed E-state index contributed by atoms with van der Waals surface area (Å²) in [7, 11) is 4.40. The lowest BCUT2D eigenvalue weighted by Crippen LogP contribution is -2.17. The van der Waals surface area contributed by atoms with Crippen molar-refractivity contribution in [2.45, 2.75) is 20.1 Å². The van der Waals surface area contributed by atoms with Gasteiger partial charge in [0.2, 0.25) is 5.75 Å². The van der Waals surface area contributed by atoms with Gasteiger partial charge in [-0.2, -0.15) is 5.10 Å². The van der Waals surface area contributed by atoms with Crippen LogP contribution in [-0.2, 0) is 18.0 Å². The highest BCUT2D eigenvalue weighted by atomic mass is 16.6. The number of benzene rings is 3. The number of methoxy groups -OCH3 is 3. The van der Waals surface area contributed by atoms with Gasteiger partial charge in [-0.15, -0.1) is 0 Å². The number of fused-ring (bicyclic) bond motifs is 1. The topological polar surface area (TPSA) is 114 Å². The molecule has 0 saturated heterocycles. The van der Waals surface area contributed by atoms with Gasteiger partial charge >= 0.3 is 5.97 Å². The zero-order valence-electron chi connectivity index (χ0n) is 21.5. The number of hydrazone groups is 1. The summed E-state index contributed by atoms with van der Waals surface area (Å²) < 4.78 is 32.6. The fourth-order valence-electron chi connectivity index (χ4n) is 3.86. The van der Waals surface area contributed by atoms with E-state index in [0.717, 1.165) is 11.1 Å². The molecule has 0 unspecified atom stereocenters. The smallest absolute Gasteiger partial charge is 0.343 e. The van der Waals surface area contributed by atoms with Gasteiger partial charge in [0.05, 0.1) is 52.9 Å². The van der Waals surface area contributed by atoms with Crippen LogP contribution < -0.4 is 29.1 Å². The molecule has 10 heteroatoms. The van der Waals surface area contributed by atoms with Crippen molar-refractivity contribution in [3.05, 3.63) is 76.3 Å². The van der Waals surface area contributed by atoms with Gasteiger partial charge in [-0.25, -0.2) is 10.2 Å². The van der Waals surface area contributed by atoms with Crippen LogP contribution in [0.15, 0.2) is 53.6 Å². The molecule has 0 spiro atoms. The molecule has 38 heavy (non-hydrogen) atoms. The quantitative estimate of drug-likeness (QED) is 0.184. The van der Waals surface area contributed by atoms with Crippen LogP contribution >= 0.6 is 0 Å². The Morgan fingerprint density at radius 3 is 2.29 bits per heavy atom. The minimum atomic E-state index is -0.640. The van der Waals surface area contributed by atoms with E-state index in [1.54, 1.807) is 30.3 Å². The first-order chi connectivity index (χ1) is 18.5. The van der Waals surface area contributed by atoms with Crippen molar-refractivity contribution in [2.75, 3.05) is 27.9 Å². The molecule has 0 aromatic heterocycles. The highest BCUT2D eigenvalue weighted by molar-refractivity contribution is 5.95. The van der Waals surface area contributed by atoms with Crippen molar-refractivity contribution >= 4 is 18.1 Å². The van der Waals surface area contributed by atoms with E-state index in [1.165, 1.54) is 39.7 Å². The summed E-state index contributed by atoms with van der Waals surface area (Å²) in [6, 6.07) is 13.4. The first kappa shape index (κ1) is 26.5. The number of hydrogen-bond acceptors (Lipinski definition) is 9. The maximum absolute atomic E-state index is 12.9. The van der Waals surface area contributed by atoms with Gasteiger partial charge in [-0.1, -0.05) is 6.07 Å². The Balaban J connectivity index is 1.47. The second-order valence-corrected chi connectivity index (χ2v) is 8.12. The van der Waals surface area contributed by atoms with E-state index < -0.39 is 5.97 Å². The molecule has 198 valence electrons. The monoisotopic (exact) mass is 520 g/mol. The number of nitrogens with one attached hydrogen (secondary N) is 1. The van der Waals surface area contributed by atoms with Crippen molar-refractivity contribution in [1.29, 1.82) is 0 Å². The van der Waals surface area contributed by atoms with E-state index in [1.807, 2.05) is 13.0 Å². The molecular weight excluding hydrogens is 492 g/mol. The summed E-state index contributed by atoms with van der Waals surface area (Å²) in [5, 5.41) is 4.05. The van der Waals surface area contributed by atoms with Crippen molar-refractivity contribution in [1.82, 2.24) is 5.43 Å². The standard InChI is InChI=1S/C28H28N2O8/c1-5-37-23-10-17(14-29-30-27(31)18-7-8-19-15-36-16-21(19)11-18)6-9-22(23)38-28(32)20-12-24(33-2)26(35-4)25(13-20)34-3/h6-14H,5,15-16H2,1-4H3,(H,30,31). The Bertz CT molecular complexity index is 1340. The average Bonchev–Trinajstić information content (AvgIpc) is 3.41. The summed E-state index contributed by atoms with van der Waals surface area (Å²) in [6.45, 7) is 3.21. The van der Waals surface area contributed by atoms with Crippen molar-refractivity contribution in [2.24, 2.45) is 5.10 Å². The number of nitrogens with zero attached hydrogens (tertiary/aromatic N) is 1. The van der Waals surface area contributed by atoms with Crippen LogP contribution in [-0.4, -0.2) is 46.0 Å². The average molecular weight is 521 g/mol. The van der Waals surface area contributed by atoms with Gasteiger partial charge in [-0.05, 0) is 66.1 Å². The van der Waals surface area contributed by atoms with E-state index in [2.05, 4.69) is 10.5 Å². The third-order valence-electron chi connectivity index (χ3n) is 5.73. The van der Waals surface area contributed by atoms with E-state index >= 15 is 0 Å². The lowest BCUT2D eigenvalue weighted by atomic mass is 10.1. The summed E-state index contributed by atoms with van der Waals surface area (Å²) in [5.41, 5.74) is 5.93. The van der Waals surface area contributed by atoms with Gasteiger partial charge in [0.15, 0.2) is 23.0 Å². The molecule has 1 heterocycles. The van der Waals surface area contributed by atoms with E-state index in [0.29, 0.717) is 53.9 Å². The molecule has 1 aliphatic rings. The van der Waals surface area contributed by atoms with Gasteiger partial charge < -0.3 is 28.4 Å². The second kappa shape index (κ2) is 12.1. The SMILES string of the molecule is CCOc1cc(C=NNC(=O)c2ccc3c(c2)COC3)ccc1OC(=O)c1cc(OC)c(OC)c(OC)c1. The maximum Gasteiger partial charge on any atom is 0.343 e. The summed E-state index contributed by atoms with van der Waals surface area (Å²) in [4.78, 5) is 25.4. The van der Waals surface area contributed by atoms with Crippen molar-refractivity contribution in [3.8, 4) is 28.7 Å². The second-order valence-electron chi connectivity index (χ2n) is 8.12. The molecule has 0 fully saturated rings. The van der Waals surface area contributed by atoms with Crippen LogP contribution in [0.1, 0.15) is 44.3 Å². The number of carbonyl (C=O) groups excluding carboxylic acids is 2. The molecule has 0 aliphatic carbocycles. The lowest BCUT2D eigenvalue weighted by Gasteiger charge is -2.15. The number of carbonyl (C=O) groups is 2. The predicted molar refractivity (Wildman–Crippen MR) is 139 cm³/mol. The summed E-state index contributed by atoms with van der Waals surface area (Å²) in [6.07, 6.45) is 1.47. The number of hydrogen-bond donors (Lipinski definition) is 1. The molecule has 4 rings (SSSR count). The fraction of sp³-hybridized carbons (Fsp3) is 0.250. The molecule has 0 atom stereocenters. The lowest BCUT2D eigenvalue weighted by molar-refractivity contribution is 0.0727. The largest absolute Gasteiger partial charge is 0.493 e. The summed E-state index contributed by atoms with van der Waals surface area (Å²) >= 11 is 0.